The van der Waals surface area contributed by atoms with Crippen LogP contribution in [0.25, 0.3) is 0 Å². The number of aliphatic imine (C=N–C) groups is 1. The average molecular weight is 408 g/mol. The first-order valence-corrected chi connectivity index (χ1v) is 11.0. The van der Waals surface area contributed by atoms with Crippen LogP contribution in [0.2, 0.25) is 0 Å². The zero-order valence-electron chi connectivity index (χ0n) is 18.0. The van der Waals surface area contributed by atoms with E-state index in [1.165, 1.54) is 16.8 Å². The average Bonchev–Trinajstić information content (AvgIpc) is 2.82. The molecule has 0 spiro atoms. The molecule has 2 saturated heterocycles. The monoisotopic (exact) mass is 407 g/mol. The lowest BCUT2D eigenvalue weighted by atomic mass is 10.1. The second-order valence-corrected chi connectivity index (χ2v) is 7.88. The summed E-state index contributed by atoms with van der Waals surface area (Å²) in [5.74, 6) is 0.992. The number of anilines is 1. The van der Waals surface area contributed by atoms with Gasteiger partial charge in [-0.1, -0.05) is 48.5 Å². The van der Waals surface area contributed by atoms with Gasteiger partial charge in [0.25, 0.3) is 0 Å². The molecule has 2 aliphatic heterocycles. The predicted octanol–water partition coefficient (Wildman–Crippen LogP) is 2.42. The maximum Gasteiger partial charge on any atom is 0.194 e. The molecule has 2 fully saturated rings. The number of piperazine rings is 1. The van der Waals surface area contributed by atoms with Crippen LogP contribution in [0.1, 0.15) is 11.1 Å². The van der Waals surface area contributed by atoms with Crippen LogP contribution in [0.5, 0.6) is 0 Å². The number of ether oxygens (including phenoxy) is 1. The Bertz CT molecular complexity index is 811. The van der Waals surface area contributed by atoms with Crippen LogP contribution in [0.4, 0.5) is 5.69 Å². The SMILES string of the molecule is CN=C(NCc1ccccc1N1CCOCC1)N1CCN(Cc2ccccc2)CC1. The normalized spacial score (nSPS) is 18.5. The highest BCUT2D eigenvalue weighted by atomic mass is 16.5. The summed E-state index contributed by atoms with van der Waals surface area (Å²) in [5, 5.41) is 3.60. The first kappa shape index (κ1) is 20.7. The van der Waals surface area contributed by atoms with Crippen molar-refractivity contribution >= 4 is 11.6 Å². The zero-order chi connectivity index (χ0) is 20.6. The van der Waals surface area contributed by atoms with Gasteiger partial charge < -0.3 is 19.9 Å². The summed E-state index contributed by atoms with van der Waals surface area (Å²) in [7, 11) is 1.88. The summed E-state index contributed by atoms with van der Waals surface area (Å²) in [6, 6.07) is 19.4. The predicted molar refractivity (Wildman–Crippen MR) is 123 cm³/mol. The van der Waals surface area contributed by atoms with E-state index in [4.69, 9.17) is 4.74 Å². The Labute approximate surface area is 180 Å². The number of nitrogens with zero attached hydrogens (tertiary/aromatic N) is 4. The van der Waals surface area contributed by atoms with E-state index >= 15 is 0 Å². The van der Waals surface area contributed by atoms with E-state index in [9.17, 15) is 0 Å². The lowest BCUT2D eigenvalue weighted by molar-refractivity contribution is 0.122. The van der Waals surface area contributed by atoms with Crippen LogP contribution < -0.4 is 10.2 Å². The molecule has 0 saturated carbocycles. The van der Waals surface area contributed by atoms with Crippen molar-refractivity contribution < 1.29 is 4.74 Å². The van der Waals surface area contributed by atoms with Crippen molar-refractivity contribution in [2.45, 2.75) is 13.1 Å². The van der Waals surface area contributed by atoms with Gasteiger partial charge in [0.15, 0.2) is 5.96 Å². The molecule has 30 heavy (non-hydrogen) atoms. The minimum atomic E-state index is 0.782. The van der Waals surface area contributed by atoms with Gasteiger partial charge in [-0.25, -0.2) is 0 Å². The van der Waals surface area contributed by atoms with Crippen molar-refractivity contribution in [1.82, 2.24) is 15.1 Å². The Morgan fingerprint density at radius 1 is 0.900 bits per heavy atom. The molecule has 6 nitrogen and oxygen atoms in total. The van der Waals surface area contributed by atoms with Gasteiger partial charge in [0.2, 0.25) is 0 Å². The van der Waals surface area contributed by atoms with E-state index in [1.54, 1.807) is 0 Å². The molecule has 0 aliphatic carbocycles. The molecule has 4 rings (SSSR count). The van der Waals surface area contributed by atoms with Crippen molar-refractivity contribution in [2.24, 2.45) is 4.99 Å². The number of guanidine groups is 1. The minimum Gasteiger partial charge on any atom is -0.378 e. The topological polar surface area (TPSA) is 43.3 Å². The summed E-state index contributed by atoms with van der Waals surface area (Å²) in [5.41, 5.74) is 3.99. The Kier molecular flexibility index (Phi) is 7.21. The number of rotatable bonds is 5. The molecule has 2 aromatic rings. The lowest BCUT2D eigenvalue weighted by Gasteiger charge is -2.36. The molecule has 2 aliphatic rings. The van der Waals surface area contributed by atoms with Gasteiger partial charge in [-0.2, -0.15) is 0 Å². The third kappa shape index (κ3) is 5.32. The summed E-state index contributed by atoms with van der Waals surface area (Å²) in [6.07, 6.45) is 0. The van der Waals surface area contributed by atoms with E-state index in [0.717, 1.165) is 71.5 Å². The minimum absolute atomic E-state index is 0.782. The third-order valence-corrected chi connectivity index (χ3v) is 5.91. The van der Waals surface area contributed by atoms with Gasteiger partial charge in [-0.15, -0.1) is 0 Å². The molecular weight excluding hydrogens is 374 g/mol. The second-order valence-electron chi connectivity index (χ2n) is 7.88. The number of hydrogen-bond donors (Lipinski definition) is 1. The van der Waals surface area contributed by atoms with Crippen molar-refractivity contribution in [3.63, 3.8) is 0 Å². The Morgan fingerprint density at radius 2 is 1.60 bits per heavy atom. The second kappa shape index (κ2) is 10.5. The Balaban J connectivity index is 1.31. The number of para-hydroxylation sites is 1. The van der Waals surface area contributed by atoms with Crippen LogP contribution in [0.3, 0.4) is 0 Å². The molecule has 6 heteroatoms. The molecule has 0 radical (unpaired) electrons. The number of hydrogen-bond acceptors (Lipinski definition) is 4. The van der Waals surface area contributed by atoms with Crippen molar-refractivity contribution in [1.29, 1.82) is 0 Å². The fraction of sp³-hybridized carbons (Fsp3) is 0.458. The smallest absolute Gasteiger partial charge is 0.194 e. The van der Waals surface area contributed by atoms with Crippen LogP contribution in [0.15, 0.2) is 59.6 Å². The van der Waals surface area contributed by atoms with Gasteiger partial charge in [0.1, 0.15) is 0 Å². The molecule has 0 aromatic heterocycles. The molecule has 2 aromatic carbocycles. The van der Waals surface area contributed by atoms with E-state index in [1.807, 2.05) is 7.05 Å². The molecular formula is C24H33N5O. The number of morpholine rings is 1. The molecule has 1 N–H and O–H groups in total. The van der Waals surface area contributed by atoms with Gasteiger partial charge in [0, 0.05) is 65.1 Å². The molecule has 0 bridgehead atoms. The highest BCUT2D eigenvalue weighted by molar-refractivity contribution is 5.80. The summed E-state index contributed by atoms with van der Waals surface area (Å²) in [6.45, 7) is 9.42. The highest BCUT2D eigenvalue weighted by Crippen LogP contribution is 2.21. The van der Waals surface area contributed by atoms with Gasteiger partial charge in [-0.3, -0.25) is 9.89 Å². The molecule has 0 atom stereocenters. The van der Waals surface area contributed by atoms with Gasteiger partial charge >= 0.3 is 0 Å². The van der Waals surface area contributed by atoms with Crippen LogP contribution >= 0.6 is 0 Å². The maximum absolute atomic E-state index is 5.52. The largest absolute Gasteiger partial charge is 0.378 e. The quantitative estimate of drug-likeness (QED) is 0.609. The Hall–Kier alpha value is -2.57. The molecule has 0 unspecified atom stereocenters. The summed E-state index contributed by atoms with van der Waals surface area (Å²) < 4.78 is 5.52. The maximum atomic E-state index is 5.52. The fourth-order valence-electron chi connectivity index (χ4n) is 4.24. The highest BCUT2D eigenvalue weighted by Gasteiger charge is 2.20. The van der Waals surface area contributed by atoms with Crippen molar-refractivity contribution in [3.05, 3.63) is 65.7 Å². The van der Waals surface area contributed by atoms with Crippen molar-refractivity contribution in [2.75, 3.05) is 64.4 Å². The van der Waals surface area contributed by atoms with Crippen LogP contribution in [-0.4, -0.2) is 75.3 Å². The fourth-order valence-corrected chi connectivity index (χ4v) is 4.24. The molecule has 160 valence electrons. The van der Waals surface area contributed by atoms with Crippen LogP contribution in [-0.2, 0) is 17.8 Å². The van der Waals surface area contributed by atoms with Gasteiger partial charge in [0.05, 0.1) is 13.2 Å². The zero-order valence-corrected chi connectivity index (χ0v) is 18.0. The standard InChI is InChI=1S/C24H33N5O/c1-25-24(29-13-11-27(12-14-29)20-21-7-3-2-4-8-21)26-19-22-9-5-6-10-23(22)28-15-17-30-18-16-28/h2-10H,11-20H2,1H3,(H,25,26). The van der Waals surface area contributed by atoms with Crippen molar-refractivity contribution in [3.8, 4) is 0 Å². The van der Waals surface area contributed by atoms with E-state index in [0.29, 0.717) is 0 Å². The third-order valence-electron chi connectivity index (χ3n) is 5.91. The van der Waals surface area contributed by atoms with E-state index < -0.39 is 0 Å². The van der Waals surface area contributed by atoms with E-state index in [-0.39, 0.29) is 0 Å². The summed E-state index contributed by atoms with van der Waals surface area (Å²) >= 11 is 0. The Morgan fingerprint density at radius 3 is 2.33 bits per heavy atom. The number of benzene rings is 2. The molecule has 0 amide bonds. The van der Waals surface area contributed by atoms with E-state index in [2.05, 4.69) is 79.6 Å². The molecule has 2 heterocycles. The van der Waals surface area contributed by atoms with Gasteiger partial charge in [-0.05, 0) is 17.2 Å². The first-order chi connectivity index (χ1) is 14.8. The first-order valence-electron chi connectivity index (χ1n) is 11.0. The lowest BCUT2D eigenvalue weighted by Crippen LogP contribution is -2.52. The van der Waals surface area contributed by atoms with Crippen LogP contribution in [0, 0.1) is 0 Å². The summed E-state index contributed by atoms with van der Waals surface area (Å²) in [4.78, 5) is 11.9. The number of nitrogens with one attached hydrogen (secondary N) is 1.